The van der Waals surface area contributed by atoms with Crippen molar-refractivity contribution >= 4 is 18.1 Å². The smallest absolute Gasteiger partial charge is 0.335 e. The molecule has 0 aliphatic heterocycles. The molecule has 22 heavy (non-hydrogen) atoms. The van der Waals surface area contributed by atoms with Crippen LogP contribution >= 0.6 is 0 Å². The fraction of sp³-hybridized carbons (Fsp3) is 0.125. The number of hydrogen-bond donors (Lipinski definition) is 2. The number of nitrogens with one attached hydrogen (secondary N) is 1. The van der Waals surface area contributed by atoms with Crippen LogP contribution in [0, 0.1) is 0 Å². The van der Waals surface area contributed by atoms with Gasteiger partial charge in [0.15, 0.2) is 0 Å². The van der Waals surface area contributed by atoms with Crippen molar-refractivity contribution in [3.63, 3.8) is 0 Å². The lowest BCUT2D eigenvalue weighted by Crippen LogP contribution is -2.36. The standard InChI is InChI=1S/C16H16N2O4/c1-22-15-7-5-12(6-8-15)10-17-18(11-19)14-4-2-3-13(9-14)16(20)21/h2-9,11,17H,10H2,1H3,(H,20,21). The van der Waals surface area contributed by atoms with Gasteiger partial charge in [-0.1, -0.05) is 18.2 Å². The highest BCUT2D eigenvalue weighted by Crippen LogP contribution is 2.15. The molecule has 0 atom stereocenters. The van der Waals surface area contributed by atoms with Crippen LogP contribution in [0.3, 0.4) is 0 Å². The lowest BCUT2D eigenvalue weighted by molar-refractivity contribution is -0.108. The molecule has 0 fully saturated rings. The average molecular weight is 300 g/mol. The molecule has 2 N–H and O–H groups in total. The number of aromatic carboxylic acids is 1. The molecular weight excluding hydrogens is 284 g/mol. The van der Waals surface area contributed by atoms with Crippen LogP contribution < -0.4 is 15.2 Å². The Balaban J connectivity index is 2.06. The van der Waals surface area contributed by atoms with Crippen LogP contribution in [0.25, 0.3) is 0 Å². The van der Waals surface area contributed by atoms with Crippen molar-refractivity contribution < 1.29 is 19.4 Å². The molecule has 0 spiro atoms. The molecular formula is C16H16N2O4. The van der Waals surface area contributed by atoms with Crippen LogP contribution in [0.5, 0.6) is 5.75 Å². The monoisotopic (exact) mass is 300 g/mol. The van der Waals surface area contributed by atoms with E-state index in [1.54, 1.807) is 19.2 Å². The van der Waals surface area contributed by atoms with Crippen molar-refractivity contribution in [3.8, 4) is 5.75 Å². The van der Waals surface area contributed by atoms with Crippen LogP contribution in [-0.4, -0.2) is 24.6 Å². The summed E-state index contributed by atoms with van der Waals surface area (Å²) in [7, 11) is 1.59. The number of ether oxygens (including phenoxy) is 1. The van der Waals surface area contributed by atoms with Gasteiger partial charge in [-0.05, 0) is 35.9 Å². The molecule has 0 saturated carbocycles. The summed E-state index contributed by atoms with van der Waals surface area (Å²) in [5, 5.41) is 10.2. The summed E-state index contributed by atoms with van der Waals surface area (Å²) < 4.78 is 5.08. The number of nitrogens with zero attached hydrogens (tertiary/aromatic N) is 1. The van der Waals surface area contributed by atoms with E-state index in [9.17, 15) is 9.59 Å². The SMILES string of the molecule is COc1ccc(CNN(C=O)c2cccc(C(=O)O)c2)cc1. The first kappa shape index (κ1) is 15.5. The maximum Gasteiger partial charge on any atom is 0.335 e. The van der Waals surface area contributed by atoms with Crippen LogP contribution in [0.2, 0.25) is 0 Å². The van der Waals surface area contributed by atoms with Gasteiger partial charge in [-0.3, -0.25) is 4.79 Å². The summed E-state index contributed by atoms with van der Waals surface area (Å²) in [6.45, 7) is 0.417. The summed E-state index contributed by atoms with van der Waals surface area (Å²) in [6, 6.07) is 13.5. The minimum absolute atomic E-state index is 0.121. The predicted octanol–water partition coefficient (Wildman–Crippen LogP) is 2.06. The molecule has 0 radical (unpaired) electrons. The van der Waals surface area contributed by atoms with Gasteiger partial charge in [0.05, 0.1) is 18.4 Å². The van der Waals surface area contributed by atoms with Crippen LogP contribution in [0.4, 0.5) is 5.69 Å². The number of hydrogen-bond acceptors (Lipinski definition) is 4. The predicted molar refractivity (Wildman–Crippen MR) is 81.8 cm³/mol. The molecule has 2 aromatic rings. The quantitative estimate of drug-likeness (QED) is 0.604. The Bertz CT molecular complexity index is 655. The van der Waals surface area contributed by atoms with Crippen molar-refractivity contribution in [1.82, 2.24) is 5.43 Å². The molecule has 114 valence electrons. The second-order valence-electron chi connectivity index (χ2n) is 4.51. The van der Waals surface area contributed by atoms with Crippen molar-refractivity contribution in [1.29, 1.82) is 0 Å². The second-order valence-corrected chi connectivity index (χ2v) is 4.51. The van der Waals surface area contributed by atoms with Crippen molar-refractivity contribution in [2.24, 2.45) is 0 Å². The summed E-state index contributed by atoms with van der Waals surface area (Å²) in [6.07, 6.45) is 0.602. The van der Waals surface area contributed by atoms with Crippen LogP contribution in [0.1, 0.15) is 15.9 Å². The lowest BCUT2D eigenvalue weighted by atomic mass is 10.2. The first-order valence-corrected chi connectivity index (χ1v) is 6.58. The first-order chi connectivity index (χ1) is 10.6. The van der Waals surface area contributed by atoms with Gasteiger partial charge in [-0.25, -0.2) is 15.2 Å². The Morgan fingerprint density at radius 2 is 2.00 bits per heavy atom. The first-order valence-electron chi connectivity index (χ1n) is 6.58. The van der Waals surface area contributed by atoms with E-state index in [4.69, 9.17) is 9.84 Å². The summed E-state index contributed by atoms with van der Waals surface area (Å²) in [5.41, 5.74) is 4.48. The number of benzene rings is 2. The number of carboxylic acids is 1. The van der Waals surface area contributed by atoms with Gasteiger partial charge >= 0.3 is 5.97 Å². The zero-order valence-corrected chi connectivity index (χ0v) is 12.0. The zero-order valence-electron chi connectivity index (χ0n) is 12.0. The molecule has 0 aromatic heterocycles. The highest BCUT2D eigenvalue weighted by atomic mass is 16.5. The number of carbonyl (C=O) groups excluding carboxylic acids is 1. The van der Waals surface area contributed by atoms with E-state index in [1.807, 2.05) is 24.3 Å². The summed E-state index contributed by atoms with van der Waals surface area (Å²) in [4.78, 5) is 22.2. The van der Waals surface area contributed by atoms with Gasteiger partial charge in [0, 0.05) is 6.54 Å². The fourth-order valence-electron chi connectivity index (χ4n) is 1.90. The van der Waals surface area contributed by atoms with E-state index in [-0.39, 0.29) is 5.56 Å². The maximum absolute atomic E-state index is 11.2. The van der Waals surface area contributed by atoms with Crippen LogP contribution in [-0.2, 0) is 11.3 Å². The van der Waals surface area contributed by atoms with Gasteiger partial charge in [-0.15, -0.1) is 0 Å². The van der Waals surface area contributed by atoms with Crippen molar-refractivity contribution in [2.45, 2.75) is 6.54 Å². The Hall–Kier alpha value is -2.86. The van der Waals surface area contributed by atoms with Gasteiger partial charge < -0.3 is 9.84 Å². The van der Waals surface area contributed by atoms with E-state index in [1.165, 1.54) is 17.1 Å². The Morgan fingerprint density at radius 3 is 2.59 bits per heavy atom. The van der Waals surface area contributed by atoms with Gasteiger partial charge in [0.2, 0.25) is 6.41 Å². The number of rotatable bonds is 7. The number of amides is 1. The van der Waals surface area contributed by atoms with Crippen LogP contribution in [0.15, 0.2) is 48.5 Å². The highest BCUT2D eigenvalue weighted by Gasteiger charge is 2.09. The molecule has 1 amide bonds. The zero-order chi connectivity index (χ0) is 15.9. The summed E-state index contributed by atoms with van der Waals surface area (Å²) in [5.74, 6) is -0.284. The average Bonchev–Trinajstić information content (AvgIpc) is 2.56. The number of carbonyl (C=O) groups is 2. The maximum atomic E-state index is 11.2. The molecule has 2 rings (SSSR count). The molecule has 0 heterocycles. The highest BCUT2D eigenvalue weighted by molar-refractivity contribution is 5.89. The number of anilines is 1. The molecule has 0 aliphatic rings. The van der Waals surface area contributed by atoms with Crippen molar-refractivity contribution in [3.05, 3.63) is 59.7 Å². The second kappa shape index (κ2) is 7.24. The van der Waals surface area contributed by atoms with E-state index >= 15 is 0 Å². The molecule has 0 bridgehead atoms. The molecule has 0 aliphatic carbocycles. The third-order valence-corrected chi connectivity index (χ3v) is 3.09. The molecule has 0 saturated heterocycles. The van der Waals surface area contributed by atoms with E-state index in [0.717, 1.165) is 11.3 Å². The van der Waals surface area contributed by atoms with Crippen molar-refractivity contribution in [2.75, 3.05) is 12.1 Å². The minimum atomic E-state index is -1.04. The van der Waals surface area contributed by atoms with Gasteiger partial charge in [-0.2, -0.15) is 0 Å². The fourth-order valence-corrected chi connectivity index (χ4v) is 1.90. The molecule has 2 aromatic carbocycles. The Morgan fingerprint density at radius 1 is 1.27 bits per heavy atom. The van der Waals surface area contributed by atoms with E-state index < -0.39 is 5.97 Å². The number of hydrazine groups is 1. The topological polar surface area (TPSA) is 78.9 Å². The summed E-state index contributed by atoms with van der Waals surface area (Å²) >= 11 is 0. The molecule has 6 nitrogen and oxygen atoms in total. The van der Waals surface area contributed by atoms with Gasteiger partial charge in [0.25, 0.3) is 0 Å². The minimum Gasteiger partial charge on any atom is -0.497 e. The Kier molecular flexibility index (Phi) is 5.11. The van der Waals surface area contributed by atoms with E-state index in [0.29, 0.717) is 18.6 Å². The number of methoxy groups -OCH3 is 1. The lowest BCUT2D eigenvalue weighted by Gasteiger charge is -2.19. The molecule has 6 heteroatoms. The number of carboxylic acid groups (broad SMARTS) is 1. The normalized spacial score (nSPS) is 10.0. The largest absolute Gasteiger partial charge is 0.497 e. The third kappa shape index (κ3) is 3.83. The van der Waals surface area contributed by atoms with E-state index in [2.05, 4.69) is 5.43 Å². The third-order valence-electron chi connectivity index (χ3n) is 3.09. The Labute approximate surface area is 127 Å². The molecule has 0 unspecified atom stereocenters. The van der Waals surface area contributed by atoms with Gasteiger partial charge in [0.1, 0.15) is 5.75 Å².